The highest BCUT2D eigenvalue weighted by Crippen LogP contribution is 2.77. The number of hydrogen-bond donors (Lipinski definition) is 8. The van der Waals surface area contributed by atoms with Gasteiger partial charge in [-0.15, -0.1) is 0 Å². The number of carboxylic acid groups (broad SMARTS) is 1. The van der Waals surface area contributed by atoms with Crippen LogP contribution in [0.25, 0.3) is 0 Å². The minimum absolute atomic E-state index is 0.0297. The molecule has 19 atom stereocenters. The van der Waals surface area contributed by atoms with Gasteiger partial charge in [-0.25, -0.2) is 0 Å². The number of carboxylic acids is 1. The van der Waals surface area contributed by atoms with Gasteiger partial charge in [0.1, 0.15) is 42.7 Å². The first-order chi connectivity index (χ1) is 25.3. The first kappa shape index (κ1) is 40.9. The van der Waals surface area contributed by atoms with Crippen LogP contribution in [0.3, 0.4) is 0 Å². The highest BCUT2D eigenvalue weighted by molar-refractivity contribution is 5.76. The molecule has 8 N–H and O–H groups in total. The molecule has 54 heavy (non-hydrogen) atoms. The van der Waals surface area contributed by atoms with Crippen molar-refractivity contribution in [2.24, 2.45) is 56.7 Å². The summed E-state index contributed by atoms with van der Waals surface area (Å²) in [6.45, 7) is 14.7. The van der Waals surface area contributed by atoms with Gasteiger partial charge in [-0.1, -0.05) is 39.8 Å². The van der Waals surface area contributed by atoms with Crippen LogP contribution >= 0.6 is 0 Å². The Morgan fingerprint density at radius 2 is 1.52 bits per heavy atom. The molecule has 5 aliphatic carbocycles. The number of ether oxygens (including phenoxy) is 4. The summed E-state index contributed by atoms with van der Waals surface area (Å²) in [6, 6.07) is 0. The van der Waals surface area contributed by atoms with Crippen LogP contribution in [0.5, 0.6) is 0 Å². The molecule has 0 aromatic rings. The molecular weight excluding hydrogens is 700 g/mol. The Bertz CT molecular complexity index is 1420. The molecule has 0 aromatic carbocycles. The van der Waals surface area contributed by atoms with Gasteiger partial charge in [0.25, 0.3) is 0 Å². The van der Waals surface area contributed by atoms with Gasteiger partial charge in [0.2, 0.25) is 0 Å². The van der Waals surface area contributed by atoms with Crippen LogP contribution < -0.4 is 0 Å². The topological polar surface area (TPSA) is 216 Å². The third-order valence-corrected chi connectivity index (χ3v) is 17.2. The van der Waals surface area contributed by atoms with E-state index in [4.69, 9.17) is 18.9 Å². The number of fused-ring (bicyclic) bond motifs is 7. The zero-order chi connectivity index (χ0) is 39.3. The average molecular weight is 767 g/mol. The highest BCUT2D eigenvalue weighted by atomic mass is 16.7. The van der Waals surface area contributed by atoms with E-state index in [0.717, 1.165) is 44.1 Å². The molecule has 0 spiro atoms. The Balaban J connectivity index is 1.12. The van der Waals surface area contributed by atoms with Gasteiger partial charge in [-0.3, -0.25) is 4.79 Å². The van der Waals surface area contributed by atoms with Gasteiger partial charge >= 0.3 is 5.97 Å². The molecule has 7 aliphatic rings. The fourth-order valence-corrected chi connectivity index (χ4v) is 14.4. The average Bonchev–Trinajstić information content (AvgIpc) is 3.54. The van der Waals surface area contributed by atoms with Crippen LogP contribution in [-0.2, 0) is 23.7 Å². The van der Waals surface area contributed by atoms with E-state index in [0.29, 0.717) is 31.6 Å². The number of allylic oxidation sites excluding steroid dienone is 1. The molecule has 0 amide bonds. The standard InChI is InChI=1S/C41H66O13/c1-20(2)21-9-14-40(36(49)50)15-16-41(19-43)22(28(21)40)7-8-26-38(5)12-11-27(37(3,4)25(38)10-13-39(26,41)6)53-35-32(48)33(30(46)24(17-42)52-35)54-34-31(47)29(45)23(44)18-51-34/h21-35,42-48H,1,7-19H2,2-6H3,(H,49,50)/t21-,22+,23-,24-,25-,26-,27-,28+,29+,30-,31-,32-,33+,34+,35+,38-,39+,40-,41-/m0/s1. The number of hydrogen-bond acceptors (Lipinski definition) is 12. The van der Waals surface area contributed by atoms with Crippen molar-refractivity contribution in [2.75, 3.05) is 19.8 Å². The molecule has 2 heterocycles. The highest BCUT2D eigenvalue weighted by Gasteiger charge is 2.73. The van der Waals surface area contributed by atoms with E-state index in [1.54, 1.807) is 0 Å². The maximum Gasteiger partial charge on any atom is 0.309 e. The second-order valence-electron chi connectivity index (χ2n) is 19.6. The summed E-state index contributed by atoms with van der Waals surface area (Å²) in [6.07, 6.45) is -5.30. The van der Waals surface area contributed by atoms with E-state index in [9.17, 15) is 45.6 Å². The monoisotopic (exact) mass is 766 g/mol. The van der Waals surface area contributed by atoms with Crippen LogP contribution in [0, 0.1) is 56.7 Å². The van der Waals surface area contributed by atoms with Gasteiger partial charge < -0.3 is 59.8 Å². The third-order valence-electron chi connectivity index (χ3n) is 17.2. The van der Waals surface area contributed by atoms with Crippen LogP contribution in [0.4, 0.5) is 0 Å². The van der Waals surface area contributed by atoms with E-state index in [-0.39, 0.29) is 59.2 Å². The Morgan fingerprint density at radius 3 is 2.17 bits per heavy atom. The van der Waals surface area contributed by atoms with Crippen molar-refractivity contribution in [3.63, 3.8) is 0 Å². The molecule has 308 valence electrons. The summed E-state index contributed by atoms with van der Waals surface area (Å²) in [4.78, 5) is 13.1. The second-order valence-corrected chi connectivity index (χ2v) is 19.6. The van der Waals surface area contributed by atoms with Gasteiger partial charge in [0.15, 0.2) is 12.6 Å². The normalized spacial score (nSPS) is 54.1. The molecule has 13 nitrogen and oxygen atoms in total. The Morgan fingerprint density at radius 1 is 0.796 bits per heavy atom. The molecule has 0 bridgehead atoms. The Hall–Kier alpha value is -1.23. The minimum Gasteiger partial charge on any atom is -0.481 e. The molecule has 13 heteroatoms. The van der Waals surface area contributed by atoms with Gasteiger partial charge in [0, 0.05) is 12.0 Å². The lowest BCUT2D eigenvalue weighted by molar-refractivity contribution is -0.362. The third kappa shape index (κ3) is 5.76. The maximum atomic E-state index is 13.1. The van der Waals surface area contributed by atoms with E-state index in [2.05, 4.69) is 34.3 Å². The molecule has 7 rings (SSSR count). The SMILES string of the molecule is C=C(C)[C@@H]1CC[C@]2(C(=O)O)CC[C@]3(CO)[C@H](CC[C@H]4[C@@]5(C)CC[C@H](O[C@H]6O[C@@H](CO)[C@H](O)[C@@H](O[C@H]7OC[C@H](O)[C@@H](O)[C@@H]7O)[C@@H]6O)C(C)(C)[C@@H]5CC[C@]43C)[C@@H]12. The van der Waals surface area contributed by atoms with E-state index in [1.807, 2.05) is 6.92 Å². The molecule has 2 saturated heterocycles. The molecule has 0 aromatic heterocycles. The van der Waals surface area contributed by atoms with Crippen LogP contribution in [0.15, 0.2) is 12.2 Å². The molecule has 0 unspecified atom stereocenters. The zero-order valence-corrected chi connectivity index (χ0v) is 32.7. The van der Waals surface area contributed by atoms with Crippen molar-refractivity contribution in [1.29, 1.82) is 0 Å². The lowest BCUT2D eigenvalue weighted by Gasteiger charge is -2.73. The lowest BCUT2D eigenvalue weighted by Crippen LogP contribution is -2.69. The summed E-state index contributed by atoms with van der Waals surface area (Å²) >= 11 is 0. The number of carbonyl (C=O) groups is 1. The summed E-state index contributed by atoms with van der Waals surface area (Å²) in [5, 5.41) is 85.5. The van der Waals surface area contributed by atoms with Crippen molar-refractivity contribution in [3.05, 3.63) is 12.2 Å². The van der Waals surface area contributed by atoms with Gasteiger partial charge in [-0.2, -0.15) is 0 Å². The van der Waals surface area contributed by atoms with Crippen molar-refractivity contribution in [2.45, 2.75) is 160 Å². The van der Waals surface area contributed by atoms with Crippen LogP contribution in [0.2, 0.25) is 0 Å². The van der Waals surface area contributed by atoms with Crippen molar-refractivity contribution < 1.29 is 64.6 Å². The van der Waals surface area contributed by atoms with Crippen molar-refractivity contribution in [1.82, 2.24) is 0 Å². The molecular formula is C41H66O13. The van der Waals surface area contributed by atoms with Gasteiger partial charge in [0.05, 0.1) is 24.7 Å². The number of aliphatic hydroxyl groups is 7. The molecule has 0 radical (unpaired) electrons. The fraction of sp³-hybridized carbons (Fsp3) is 0.927. The number of rotatable bonds is 8. The van der Waals surface area contributed by atoms with E-state index < -0.39 is 78.7 Å². The quantitative estimate of drug-likeness (QED) is 0.132. The predicted molar refractivity (Wildman–Crippen MR) is 193 cm³/mol. The Labute approximate surface area is 319 Å². The summed E-state index contributed by atoms with van der Waals surface area (Å²) in [5.41, 5.74) is -0.783. The second kappa shape index (κ2) is 14.2. The fourth-order valence-electron chi connectivity index (χ4n) is 14.4. The molecule has 5 saturated carbocycles. The lowest BCUT2D eigenvalue weighted by atomic mass is 9.32. The zero-order valence-electron chi connectivity index (χ0n) is 32.7. The van der Waals surface area contributed by atoms with Crippen molar-refractivity contribution >= 4 is 5.97 Å². The van der Waals surface area contributed by atoms with Crippen LogP contribution in [0.1, 0.15) is 98.8 Å². The first-order valence-corrected chi connectivity index (χ1v) is 20.4. The smallest absolute Gasteiger partial charge is 0.309 e. The molecule has 2 aliphatic heterocycles. The molecule has 7 fully saturated rings. The predicted octanol–water partition coefficient (Wildman–Crippen LogP) is 2.35. The summed E-state index contributed by atoms with van der Waals surface area (Å²) in [5.74, 6) is 0.0511. The summed E-state index contributed by atoms with van der Waals surface area (Å²) < 4.78 is 23.8. The minimum atomic E-state index is -1.64. The summed E-state index contributed by atoms with van der Waals surface area (Å²) in [7, 11) is 0. The van der Waals surface area contributed by atoms with E-state index in [1.165, 1.54) is 0 Å². The van der Waals surface area contributed by atoms with E-state index >= 15 is 0 Å². The number of aliphatic carboxylic acids is 1. The van der Waals surface area contributed by atoms with Gasteiger partial charge in [-0.05, 0) is 117 Å². The first-order valence-electron chi connectivity index (χ1n) is 20.4. The Kier molecular flexibility index (Phi) is 10.8. The van der Waals surface area contributed by atoms with Crippen molar-refractivity contribution in [3.8, 4) is 0 Å². The largest absolute Gasteiger partial charge is 0.481 e. The maximum absolute atomic E-state index is 13.1. The number of aliphatic hydroxyl groups excluding tert-OH is 7. The van der Waals surface area contributed by atoms with Crippen LogP contribution in [-0.4, -0.2) is 128 Å².